The molecular formula is C15H19N3O2. The van der Waals surface area contributed by atoms with Gasteiger partial charge in [0.15, 0.2) is 0 Å². The lowest BCUT2D eigenvalue weighted by molar-refractivity contribution is -0.130. The minimum atomic E-state index is -0.215. The number of rotatable bonds is 3. The van der Waals surface area contributed by atoms with Crippen LogP contribution in [0.4, 0.5) is 0 Å². The van der Waals surface area contributed by atoms with Crippen molar-refractivity contribution < 1.29 is 9.53 Å². The molecule has 1 saturated heterocycles. The summed E-state index contributed by atoms with van der Waals surface area (Å²) >= 11 is 0. The van der Waals surface area contributed by atoms with E-state index in [0.717, 1.165) is 5.56 Å². The van der Waals surface area contributed by atoms with E-state index in [9.17, 15) is 10.1 Å². The number of nitriles is 1. The van der Waals surface area contributed by atoms with Gasteiger partial charge in [-0.3, -0.25) is 4.79 Å². The lowest BCUT2D eigenvalue weighted by Crippen LogP contribution is -2.41. The first-order valence-electron chi connectivity index (χ1n) is 6.78. The molecule has 1 aromatic rings. The first-order valence-corrected chi connectivity index (χ1v) is 6.78. The van der Waals surface area contributed by atoms with Gasteiger partial charge >= 0.3 is 0 Å². The molecule has 0 atom stereocenters. The summed E-state index contributed by atoms with van der Waals surface area (Å²) in [4.78, 5) is 13.9. The fourth-order valence-electron chi connectivity index (χ4n) is 2.08. The summed E-state index contributed by atoms with van der Waals surface area (Å²) in [6.45, 7) is 6.33. The molecule has 0 bridgehead atoms. The van der Waals surface area contributed by atoms with Crippen LogP contribution in [0.1, 0.15) is 25.5 Å². The van der Waals surface area contributed by atoms with Crippen molar-refractivity contribution in [3.63, 3.8) is 0 Å². The van der Waals surface area contributed by atoms with E-state index < -0.39 is 0 Å². The van der Waals surface area contributed by atoms with Crippen LogP contribution in [0.5, 0.6) is 0 Å². The van der Waals surface area contributed by atoms with Crippen LogP contribution in [0.25, 0.3) is 6.08 Å². The topological polar surface area (TPSA) is 58.3 Å². The number of morpholine rings is 1. The number of aromatic nitrogens is 1. The van der Waals surface area contributed by atoms with E-state index in [4.69, 9.17) is 4.74 Å². The molecule has 2 heterocycles. The zero-order valence-electron chi connectivity index (χ0n) is 11.9. The van der Waals surface area contributed by atoms with Gasteiger partial charge in [0.1, 0.15) is 11.6 Å². The summed E-state index contributed by atoms with van der Waals surface area (Å²) in [5.74, 6) is -0.215. The highest BCUT2D eigenvalue weighted by atomic mass is 16.5. The van der Waals surface area contributed by atoms with Gasteiger partial charge in [-0.25, -0.2) is 0 Å². The summed E-state index contributed by atoms with van der Waals surface area (Å²) in [5.41, 5.74) is 1.05. The molecule has 0 N–H and O–H groups in total. The summed E-state index contributed by atoms with van der Waals surface area (Å²) in [7, 11) is 0. The summed E-state index contributed by atoms with van der Waals surface area (Å²) < 4.78 is 7.25. The maximum absolute atomic E-state index is 12.2. The molecule has 0 spiro atoms. The van der Waals surface area contributed by atoms with Crippen molar-refractivity contribution in [1.82, 2.24) is 9.47 Å². The maximum atomic E-state index is 12.2. The Morgan fingerprint density at radius 3 is 2.70 bits per heavy atom. The molecule has 1 amide bonds. The average molecular weight is 273 g/mol. The summed E-state index contributed by atoms with van der Waals surface area (Å²) in [6.07, 6.45) is 5.54. The van der Waals surface area contributed by atoms with Crippen LogP contribution in [0.15, 0.2) is 24.0 Å². The van der Waals surface area contributed by atoms with E-state index in [1.165, 1.54) is 0 Å². The largest absolute Gasteiger partial charge is 0.378 e. The first kappa shape index (κ1) is 14.4. The van der Waals surface area contributed by atoms with E-state index >= 15 is 0 Å². The molecule has 1 aliphatic heterocycles. The van der Waals surface area contributed by atoms with E-state index in [2.05, 4.69) is 13.8 Å². The van der Waals surface area contributed by atoms with Crippen LogP contribution < -0.4 is 0 Å². The van der Waals surface area contributed by atoms with Gasteiger partial charge in [-0.1, -0.05) is 0 Å². The average Bonchev–Trinajstić information content (AvgIpc) is 2.94. The van der Waals surface area contributed by atoms with Gasteiger partial charge < -0.3 is 14.2 Å². The Morgan fingerprint density at radius 1 is 1.45 bits per heavy atom. The molecule has 0 aromatic carbocycles. The van der Waals surface area contributed by atoms with Crippen molar-refractivity contribution in [2.45, 2.75) is 19.9 Å². The molecule has 0 unspecified atom stereocenters. The van der Waals surface area contributed by atoms with Crippen LogP contribution in [-0.4, -0.2) is 41.7 Å². The Kier molecular flexibility index (Phi) is 4.59. The highest BCUT2D eigenvalue weighted by Crippen LogP contribution is 2.14. The Bertz CT molecular complexity index is 546. The highest BCUT2D eigenvalue weighted by Gasteiger charge is 2.20. The minimum absolute atomic E-state index is 0.174. The van der Waals surface area contributed by atoms with Gasteiger partial charge in [0.05, 0.1) is 13.2 Å². The standard InChI is InChI=1S/C15H19N3O2/c1-12(2)18-4-3-13(11-18)9-14(10-16)15(19)17-5-7-20-8-6-17/h3-4,9,11-12H,5-8H2,1-2H3/b14-9+. The second-order valence-corrected chi connectivity index (χ2v) is 5.06. The minimum Gasteiger partial charge on any atom is -0.378 e. The summed E-state index contributed by atoms with van der Waals surface area (Å²) in [6, 6.07) is 4.27. The van der Waals surface area contributed by atoms with Crippen molar-refractivity contribution in [1.29, 1.82) is 5.26 Å². The fourth-order valence-corrected chi connectivity index (χ4v) is 2.08. The van der Waals surface area contributed by atoms with Gasteiger partial charge in [-0.2, -0.15) is 5.26 Å². The van der Waals surface area contributed by atoms with E-state index in [1.807, 2.05) is 29.1 Å². The summed E-state index contributed by atoms with van der Waals surface area (Å²) in [5, 5.41) is 9.20. The molecule has 5 heteroatoms. The normalized spacial score (nSPS) is 16.3. The lowest BCUT2D eigenvalue weighted by Gasteiger charge is -2.26. The molecule has 0 aliphatic carbocycles. The van der Waals surface area contributed by atoms with Crippen molar-refractivity contribution in [3.05, 3.63) is 29.6 Å². The van der Waals surface area contributed by atoms with Crippen LogP contribution in [-0.2, 0) is 9.53 Å². The number of nitrogens with zero attached hydrogens (tertiary/aromatic N) is 3. The predicted octanol–water partition coefficient (Wildman–Crippen LogP) is 1.83. The third kappa shape index (κ3) is 3.28. The molecule has 106 valence electrons. The van der Waals surface area contributed by atoms with Crippen LogP contribution in [0.3, 0.4) is 0 Å². The van der Waals surface area contributed by atoms with Crippen molar-refractivity contribution >= 4 is 12.0 Å². The second kappa shape index (κ2) is 6.40. The molecular weight excluding hydrogens is 254 g/mol. The highest BCUT2D eigenvalue weighted by molar-refractivity contribution is 6.01. The lowest BCUT2D eigenvalue weighted by atomic mass is 10.1. The zero-order valence-corrected chi connectivity index (χ0v) is 11.9. The third-order valence-electron chi connectivity index (χ3n) is 3.29. The van der Waals surface area contributed by atoms with Crippen molar-refractivity contribution in [2.24, 2.45) is 0 Å². The zero-order chi connectivity index (χ0) is 14.5. The number of carbonyl (C=O) groups excluding carboxylic acids is 1. The van der Waals surface area contributed by atoms with Crippen LogP contribution in [0.2, 0.25) is 0 Å². The molecule has 20 heavy (non-hydrogen) atoms. The van der Waals surface area contributed by atoms with Crippen molar-refractivity contribution in [3.8, 4) is 6.07 Å². The number of hydrogen-bond donors (Lipinski definition) is 0. The second-order valence-electron chi connectivity index (χ2n) is 5.06. The van der Waals surface area contributed by atoms with Gasteiger partial charge in [0.25, 0.3) is 5.91 Å². The van der Waals surface area contributed by atoms with Crippen molar-refractivity contribution in [2.75, 3.05) is 26.3 Å². The Balaban J connectivity index is 2.15. The van der Waals surface area contributed by atoms with E-state index in [1.54, 1.807) is 11.0 Å². The van der Waals surface area contributed by atoms with E-state index in [0.29, 0.717) is 32.3 Å². The number of carbonyl (C=O) groups is 1. The quantitative estimate of drug-likeness (QED) is 0.623. The van der Waals surface area contributed by atoms with E-state index in [-0.39, 0.29) is 11.5 Å². The number of hydrogen-bond acceptors (Lipinski definition) is 3. The third-order valence-corrected chi connectivity index (χ3v) is 3.29. The molecule has 2 rings (SSSR count). The van der Waals surface area contributed by atoms with Crippen LogP contribution >= 0.6 is 0 Å². The molecule has 5 nitrogen and oxygen atoms in total. The number of amides is 1. The maximum Gasteiger partial charge on any atom is 0.264 e. The van der Waals surface area contributed by atoms with Gasteiger partial charge in [0.2, 0.25) is 0 Å². The van der Waals surface area contributed by atoms with Gasteiger partial charge in [0, 0.05) is 31.5 Å². The first-order chi connectivity index (χ1) is 9.61. The predicted molar refractivity (Wildman–Crippen MR) is 75.8 cm³/mol. The van der Waals surface area contributed by atoms with Crippen LogP contribution in [0, 0.1) is 11.3 Å². The Morgan fingerprint density at radius 2 is 2.15 bits per heavy atom. The Labute approximate surface area is 119 Å². The smallest absolute Gasteiger partial charge is 0.264 e. The SMILES string of the molecule is CC(C)n1ccc(/C=C(\C#N)C(=O)N2CCOCC2)c1. The fraction of sp³-hybridized carbons (Fsp3) is 0.467. The molecule has 1 aliphatic rings. The molecule has 1 fully saturated rings. The molecule has 0 radical (unpaired) electrons. The number of ether oxygens (including phenoxy) is 1. The monoisotopic (exact) mass is 273 g/mol. The Hall–Kier alpha value is -2.06. The van der Waals surface area contributed by atoms with Gasteiger partial charge in [-0.15, -0.1) is 0 Å². The molecule has 1 aromatic heterocycles. The van der Waals surface area contributed by atoms with Gasteiger partial charge in [-0.05, 0) is 31.6 Å². The molecule has 0 saturated carbocycles.